The second kappa shape index (κ2) is 7.16. The van der Waals surface area contributed by atoms with Gasteiger partial charge in [0.05, 0.1) is 5.69 Å². The maximum atomic E-state index is 12.3. The Hall–Kier alpha value is -2.68. The molecule has 0 bridgehead atoms. The van der Waals surface area contributed by atoms with Crippen LogP contribution in [0.2, 0.25) is 0 Å². The first kappa shape index (κ1) is 21.2. The third-order valence-corrected chi connectivity index (χ3v) is 6.86. The monoisotopic (exact) mass is 441 g/mol. The molecule has 2 N–H and O–H groups in total. The van der Waals surface area contributed by atoms with E-state index in [-0.39, 0.29) is 29.3 Å². The normalized spacial score (nSPS) is 21.9. The summed E-state index contributed by atoms with van der Waals surface area (Å²) in [6, 6.07) is 5.56. The predicted octanol–water partition coefficient (Wildman–Crippen LogP) is 3.08. The number of amides is 2. The number of hydrogen-bond donors (Lipinski definition) is 2. The first-order valence-corrected chi connectivity index (χ1v) is 11.4. The number of fused-ring (bicyclic) bond motifs is 1. The average molecular weight is 442 g/mol. The first-order chi connectivity index (χ1) is 15.1. The fourth-order valence-corrected chi connectivity index (χ4v) is 4.85. The van der Waals surface area contributed by atoms with Crippen molar-refractivity contribution < 1.29 is 19.4 Å². The number of carbonyl (C=O) groups excluding carboxylic acids is 2. The molecule has 2 saturated carbocycles. The van der Waals surface area contributed by atoms with Gasteiger partial charge in [-0.15, -0.1) is 5.10 Å². The van der Waals surface area contributed by atoms with Crippen molar-refractivity contribution in [2.75, 3.05) is 18.4 Å². The lowest BCUT2D eigenvalue weighted by Gasteiger charge is -2.54. The lowest BCUT2D eigenvalue weighted by molar-refractivity contribution is -0.117. The number of nitrogens with zero attached hydrogens (tertiary/aromatic N) is 4. The largest absolute Gasteiger partial charge is 0.444 e. The van der Waals surface area contributed by atoms with Gasteiger partial charge in [-0.25, -0.2) is 9.31 Å². The molecule has 2 aromatic heterocycles. The zero-order valence-corrected chi connectivity index (χ0v) is 18.9. The molecule has 0 aromatic carbocycles. The van der Waals surface area contributed by atoms with Gasteiger partial charge in [0.25, 0.3) is 0 Å². The number of ether oxygens (including phenoxy) is 1. The van der Waals surface area contributed by atoms with Crippen LogP contribution in [0.1, 0.15) is 65.0 Å². The van der Waals surface area contributed by atoms with Crippen LogP contribution in [-0.2, 0) is 15.1 Å². The molecular weight excluding hydrogens is 410 g/mol. The van der Waals surface area contributed by atoms with Crippen molar-refractivity contribution in [3.8, 4) is 0 Å². The number of pyridine rings is 1. The Morgan fingerprint density at radius 2 is 1.84 bits per heavy atom. The number of anilines is 1. The van der Waals surface area contributed by atoms with Crippen LogP contribution in [0.15, 0.2) is 18.2 Å². The Kier molecular flexibility index (Phi) is 4.74. The van der Waals surface area contributed by atoms with E-state index in [0.29, 0.717) is 37.3 Å². The molecule has 1 spiro atoms. The van der Waals surface area contributed by atoms with Crippen molar-refractivity contribution in [1.29, 1.82) is 0 Å². The molecule has 0 unspecified atom stereocenters. The summed E-state index contributed by atoms with van der Waals surface area (Å²) in [6.45, 7) is 6.95. The van der Waals surface area contributed by atoms with Crippen LogP contribution in [-0.4, -0.2) is 55.3 Å². The number of carbonyl (C=O) groups is 2. The summed E-state index contributed by atoms with van der Waals surface area (Å²) in [5, 5.41) is 18.8. The van der Waals surface area contributed by atoms with E-state index in [9.17, 15) is 14.7 Å². The number of nitrogens with one attached hydrogen (secondary N) is 1. The SMILES string of the molecule is CC(C)(C)OC(=O)N1CC2(CCC(O)(c3cccc4nc(NC(=O)C5CC5)nn34)CC2)C1. The smallest absolute Gasteiger partial charge is 0.410 e. The summed E-state index contributed by atoms with van der Waals surface area (Å²) >= 11 is 0. The fourth-order valence-electron chi connectivity index (χ4n) is 4.85. The topological polar surface area (TPSA) is 109 Å². The van der Waals surface area contributed by atoms with Gasteiger partial charge in [0, 0.05) is 24.4 Å². The molecule has 9 nitrogen and oxygen atoms in total. The summed E-state index contributed by atoms with van der Waals surface area (Å²) in [5.74, 6) is 0.306. The molecule has 1 aliphatic heterocycles. The van der Waals surface area contributed by atoms with E-state index in [1.54, 1.807) is 9.42 Å². The summed E-state index contributed by atoms with van der Waals surface area (Å²) in [7, 11) is 0. The van der Waals surface area contributed by atoms with Crippen LogP contribution >= 0.6 is 0 Å². The zero-order chi connectivity index (χ0) is 22.7. The van der Waals surface area contributed by atoms with E-state index in [4.69, 9.17) is 4.74 Å². The molecule has 172 valence electrons. The minimum Gasteiger partial charge on any atom is -0.444 e. The number of aromatic nitrogens is 3. The number of rotatable bonds is 3. The molecule has 9 heteroatoms. The van der Waals surface area contributed by atoms with Crippen molar-refractivity contribution >= 4 is 23.6 Å². The highest BCUT2D eigenvalue weighted by atomic mass is 16.6. The standard InChI is InChI=1S/C23H31N5O4/c1-21(2,3)32-20(30)27-13-22(14-27)9-11-23(31,12-10-22)16-5-4-6-17-24-19(26-28(16)17)25-18(29)15-7-8-15/h4-6,15,31H,7-14H2,1-3H3,(H,25,26,29). The van der Waals surface area contributed by atoms with Crippen molar-refractivity contribution in [3.05, 3.63) is 23.9 Å². The van der Waals surface area contributed by atoms with Gasteiger partial charge in [0.1, 0.15) is 11.2 Å². The molecule has 5 rings (SSSR count). The lowest BCUT2D eigenvalue weighted by atomic mass is 9.64. The summed E-state index contributed by atoms with van der Waals surface area (Å²) in [5.41, 5.74) is -0.194. The fraction of sp³-hybridized carbons (Fsp3) is 0.652. The van der Waals surface area contributed by atoms with Gasteiger partial charge in [-0.1, -0.05) is 6.07 Å². The number of hydrogen-bond acceptors (Lipinski definition) is 6. The van der Waals surface area contributed by atoms with Crippen LogP contribution < -0.4 is 5.32 Å². The predicted molar refractivity (Wildman–Crippen MR) is 117 cm³/mol. The molecule has 0 radical (unpaired) electrons. The van der Waals surface area contributed by atoms with Crippen LogP contribution in [0.5, 0.6) is 0 Å². The summed E-state index contributed by atoms with van der Waals surface area (Å²) in [4.78, 5) is 30.5. The molecule has 2 aliphatic carbocycles. The average Bonchev–Trinajstić information content (AvgIpc) is 3.45. The third-order valence-electron chi connectivity index (χ3n) is 6.86. The van der Waals surface area contributed by atoms with E-state index >= 15 is 0 Å². The molecule has 3 aliphatic rings. The molecule has 3 heterocycles. The Balaban J connectivity index is 1.27. The van der Waals surface area contributed by atoms with Crippen molar-refractivity contribution in [1.82, 2.24) is 19.5 Å². The van der Waals surface area contributed by atoms with Crippen LogP contribution in [0.25, 0.3) is 5.65 Å². The number of likely N-dealkylation sites (tertiary alicyclic amines) is 1. The Morgan fingerprint density at radius 3 is 2.47 bits per heavy atom. The van der Waals surface area contributed by atoms with E-state index in [2.05, 4.69) is 15.4 Å². The molecule has 32 heavy (non-hydrogen) atoms. The lowest BCUT2D eigenvalue weighted by Crippen LogP contribution is -2.61. The van der Waals surface area contributed by atoms with Crippen LogP contribution in [0.3, 0.4) is 0 Å². The summed E-state index contributed by atoms with van der Waals surface area (Å²) in [6.07, 6.45) is 4.36. The highest BCUT2D eigenvalue weighted by Gasteiger charge is 2.51. The summed E-state index contributed by atoms with van der Waals surface area (Å²) < 4.78 is 7.12. The maximum Gasteiger partial charge on any atom is 0.410 e. The molecular formula is C23H31N5O4. The van der Waals surface area contributed by atoms with Crippen LogP contribution in [0.4, 0.5) is 10.7 Å². The van der Waals surface area contributed by atoms with Crippen molar-refractivity contribution in [2.24, 2.45) is 11.3 Å². The molecule has 0 atom stereocenters. The Bertz CT molecular complexity index is 1050. The van der Waals surface area contributed by atoms with Gasteiger partial charge in [0.15, 0.2) is 5.65 Å². The van der Waals surface area contributed by atoms with Gasteiger partial charge >= 0.3 is 6.09 Å². The van der Waals surface area contributed by atoms with Gasteiger partial charge in [-0.3, -0.25) is 10.1 Å². The van der Waals surface area contributed by atoms with E-state index in [0.717, 1.165) is 25.7 Å². The highest BCUT2D eigenvalue weighted by Crippen LogP contribution is 2.50. The van der Waals surface area contributed by atoms with Gasteiger partial charge in [-0.05, 0) is 71.4 Å². The van der Waals surface area contributed by atoms with E-state index < -0.39 is 11.2 Å². The molecule has 2 amide bonds. The van der Waals surface area contributed by atoms with Crippen LogP contribution in [0, 0.1) is 11.3 Å². The van der Waals surface area contributed by atoms with Gasteiger partial charge in [-0.2, -0.15) is 4.98 Å². The third kappa shape index (κ3) is 3.94. The van der Waals surface area contributed by atoms with Gasteiger partial charge < -0.3 is 14.7 Å². The minimum atomic E-state index is -1.03. The Morgan fingerprint density at radius 1 is 1.16 bits per heavy atom. The molecule has 2 aromatic rings. The quantitative estimate of drug-likeness (QED) is 0.758. The molecule has 3 fully saturated rings. The number of aliphatic hydroxyl groups is 1. The molecule has 1 saturated heterocycles. The minimum absolute atomic E-state index is 0.0414. The van der Waals surface area contributed by atoms with E-state index in [1.165, 1.54) is 0 Å². The Labute approximate surface area is 187 Å². The highest BCUT2D eigenvalue weighted by molar-refractivity contribution is 5.92. The zero-order valence-electron chi connectivity index (χ0n) is 18.9. The van der Waals surface area contributed by atoms with Crippen molar-refractivity contribution in [3.63, 3.8) is 0 Å². The second-order valence-electron chi connectivity index (χ2n) is 10.7. The maximum absolute atomic E-state index is 12.3. The second-order valence-corrected chi connectivity index (χ2v) is 10.7. The first-order valence-electron chi connectivity index (χ1n) is 11.4. The van der Waals surface area contributed by atoms with Gasteiger partial charge in [0.2, 0.25) is 11.9 Å². The van der Waals surface area contributed by atoms with E-state index in [1.807, 2.05) is 39.0 Å². The van der Waals surface area contributed by atoms with Crippen molar-refractivity contribution in [2.45, 2.75) is 70.5 Å².